The van der Waals surface area contributed by atoms with Gasteiger partial charge in [-0.2, -0.15) is 5.10 Å². The quantitative estimate of drug-likeness (QED) is 0.944. The second-order valence-electron chi connectivity index (χ2n) is 5.71. The van der Waals surface area contributed by atoms with E-state index in [4.69, 9.17) is 0 Å². The highest BCUT2D eigenvalue weighted by molar-refractivity contribution is 6.03. The van der Waals surface area contributed by atoms with Gasteiger partial charge in [-0.25, -0.2) is 0 Å². The number of anilines is 2. The summed E-state index contributed by atoms with van der Waals surface area (Å²) in [4.78, 5) is 25.9. The molecule has 1 aliphatic heterocycles. The summed E-state index contributed by atoms with van der Waals surface area (Å²) in [5, 5.41) is 6.99. The molecule has 1 aromatic carbocycles. The molecule has 120 valence electrons. The third-order valence-corrected chi connectivity index (χ3v) is 4.09. The summed E-state index contributed by atoms with van der Waals surface area (Å²) in [6.07, 6.45) is 3.26. The van der Waals surface area contributed by atoms with Crippen LogP contribution in [0.3, 0.4) is 0 Å². The molecule has 0 aliphatic carbocycles. The van der Waals surface area contributed by atoms with Crippen molar-refractivity contribution in [2.24, 2.45) is 0 Å². The van der Waals surface area contributed by atoms with Crippen molar-refractivity contribution in [3.63, 3.8) is 0 Å². The number of hydrogen-bond donors (Lipinski definition) is 1. The largest absolute Gasteiger partial charge is 0.321 e. The molecule has 2 heterocycles. The van der Waals surface area contributed by atoms with E-state index in [-0.39, 0.29) is 17.9 Å². The SMILES string of the molecule is CCn1ccc(C(=O)Nc2ccc(N3C(=O)CCC3C)cc2)n1. The zero-order chi connectivity index (χ0) is 16.4. The summed E-state index contributed by atoms with van der Waals surface area (Å²) in [7, 11) is 0. The number of carbonyl (C=O) groups is 2. The van der Waals surface area contributed by atoms with Crippen LogP contribution in [-0.2, 0) is 11.3 Å². The first-order valence-electron chi connectivity index (χ1n) is 7.85. The maximum atomic E-state index is 12.1. The van der Waals surface area contributed by atoms with Gasteiger partial charge in [0.05, 0.1) is 0 Å². The lowest BCUT2D eigenvalue weighted by Crippen LogP contribution is -2.30. The van der Waals surface area contributed by atoms with Crippen LogP contribution in [0, 0.1) is 0 Å². The van der Waals surface area contributed by atoms with Gasteiger partial charge < -0.3 is 10.2 Å². The van der Waals surface area contributed by atoms with Gasteiger partial charge in [0, 0.05) is 36.6 Å². The van der Waals surface area contributed by atoms with Gasteiger partial charge in [0.25, 0.3) is 5.91 Å². The molecule has 0 radical (unpaired) electrons. The van der Waals surface area contributed by atoms with E-state index in [1.807, 2.05) is 43.0 Å². The predicted octanol–water partition coefficient (Wildman–Crippen LogP) is 2.67. The van der Waals surface area contributed by atoms with E-state index in [9.17, 15) is 9.59 Å². The van der Waals surface area contributed by atoms with Crippen molar-refractivity contribution in [1.82, 2.24) is 9.78 Å². The third kappa shape index (κ3) is 3.11. The van der Waals surface area contributed by atoms with Crippen LogP contribution in [0.2, 0.25) is 0 Å². The second-order valence-corrected chi connectivity index (χ2v) is 5.71. The maximum Gasteiger partial charge on any atom is 0.276 e. The van der Waals surface area contributed by atoms with Crippen molar-refractivity contribution in [1.29, 1.82) is 0 Å². The summed E-state index contributed by atoms with van der Waals surface area (Å²) in [6.45, 7) is 4.74. The first kappa shape index (κ1) is 15.3. The average Bonchev–Trinajstić information content (AvgIpc) is 3.15. The van der Waals surface area contributed by atoms with Crippen LogP contribution in [0.4, 0.5) is 11.4 Å². The van der Waals surface area contributed by atoms with Crippen LogP contribution < -0.4 is 10.2 Å². The lowest BCUT2D eigenvalue weighted by molar-refractivity contribution is -0.117. The monoisotopic (exact) mass is 312 g/mol. The molecule has 2 aromatic rings. The van der Waals surface area contributed by atoms with Gasteiger partial charge in [0.15, 0.2) is 5.69 Å². The first-order valence-corrected chi connectivity index (χ1v) is 7.85. The Morgan fingerprint density at radius 1 is 1.30 bits per heavy atom. The van der Waals surface area contributed by atoms with Crippen LogP contribution in [0.1, 0.15) is 37.2 Å². The first-order chi connectivity index (χ1) is 11.1. The van der Waals surface area contributed by atoms with Gasteiger partial charge >= 0.3 is 0 Å². The van der Waals surface area contributed by atoms with Crippen LogP contribution in [0.15, 0.2) is 36.5 Å². The van der Waals surface area contributed by atoms with Gasteiger partial charge in [0.2, 0.25) is 5.91 Å². The van der Waals surface area contributed by atoms with Gasteiger partial charge in [0.1, 0.15) is 0 Å². The smallest absolute Gasteiger partial charge is 0.276 e. The standard InChI is InChI=1S/C17H20N4O2/c1-3-20-11-10-15(19-20)17(23)18-13-5-7-14(8-6-13)21-12(2)4-9-16(21)22/h5-8,10-12H,3-4,9H2,1-2H3,(H,18,23). The molecule has 1 atom stereocenters. The van der Waals surface area contributed by atoms with Crippen molar-refractivity contribution >= 4 is 23.2 Å². The Hall–Kier alpha value is -2.63. The molecule has 1 unspecified atom stereocenters. The molecule has 6 nitrogen and oxygen atoms in total. The molecule has 1 aliphatic rings. The highest BCUT2D eigenvalue weighted by Gasteiger charge is 2.28. The number of nitrogens with one attached hydrogen (secondary N) is 1. The van der Waals surface area contributed by atoms with E-state index >= 15 is 0 Å². The van der Waals surface area contributed by atoms with Crippen molar-refractivity contribution in [2.75, 3.05) is 10.2 Å². The number of hydrogen-bond acceptors (Lipinski definition) is 3. The Balaban J connectivity index is 1.70. The van der Waals surface area contributed by atoms with Crippen molar-refractivity contribution in [3.05, 3.63) is 42.2 Å². The lowest BCUT2D eigenvalue weighted by Gasteiger charge is -2.21. The van der Waals surface area contributed by atoms with Gasteiger partial charge in [-0.15, -0.1) is 0 Å². The Morgan fingerprint density at radius 3 is 2.61 bits per heavy atom. The molecule has 1 saturated heterocycles. The summed E-state index contributed by atoms with van der Waals surface area (Å²) in [5.74, 6) is -0.0880. The van der Waals surface area contributed by atoms with Crippen LogP contribution in [0.5, 0.6) is 0 Å². The topological polar surface area (TPSA) is 67.2 Å². The van der Waals surface area contributed by atoms with E-state index in [0.717, 1.165) is 18.7 Å². The summed E-state index contributed by atoms with van der Waals surface area (Å²) >= 11 is 0. The minimum absolute atomic E-state index is 0.152. The third-order valence-electron chi connectivity index (χ3n) is 4.09. The Kier molecular flexibility index (Phi) is 4.14. The lowest BCUT2D eigenvalue weighted by atomic mass is 10.2. The average molecular weight is 312 g/mol. The van der Waals surface area contributed by atoms with Crippen molar-refractivity contribution in [3.8, 4) is 0 Å². The van der Waals surface area contributed by atoms with Gasteiger partial charge in [-0.3, -0.25) is 14.3 Å². The molecule has 0 saturated carbocycles. The fourth-order valence-corrected chi connectivity index (χ4v) is 2.79. The molecule has 0 bridgehead atoms. The van der Waals surface area contributed by atoms with E-state index < -0.39 is 0 Å². The predicted molar refractivity (Wildman–Crippen MR) is 88.5 cm³/mol. The molecule has 3 rings (SSSR count). The number of carbonyl (C=O) groups excluding carboxylic acids is 2. The van der Waals surface area contributed by atoms with Gasteiger partial charge in [-0.1, -0.05) is 0 Å². The number of benzene rings is 1. The summed E-state index contributed by atoms with van der Waals surface area (Å²) < 4.78 is 1.71. The highest BCUT2D eigenvalue weighted by Crippen LogP contribution is 2.27. The van der Waals surface area contributed by atoms with E-state index in [1.54, 1.807) is 16.9 Å². The van der Waals surface area contributed by atoms with Crippen LogP contribution >= 0.6 is 0 Å². The summed E-state index contributed by atoms with van der Waals surface area (Å²) in [6, 6.07) is 9.25. The van der Waals surface area contributed by atoms with E-state index in [1.165, 1.54) is 0 Å². The molecule has 1 fully saturated rings. The van der Waals surface area contributed by atoms with E-state index in [0.29, 0.717) is 17.8 Å². The van der Waals surface area contributed by atoms with Crippen LogP contribution in [0.25, 0.3) is 0 Å². The minimum atomic E-state index is -0.240. The maximum absolute atomic E-state index is 12.1. The molecule has 23 heavy (non-hydrogen) atoms. The number of aromatic nitrogens is 2. The molecule has 6 heteroatoms. The molecular weight excluding hydrogens is 292 g/mol. The molecule has 2 amide bonds. The zero-order valence-electron chi connectivity index (χ0n) is 13.3. The zero-order valence-corrected chi connectivity index (χ0v) is 13.3. The Labute approximate surface area is 135 Å². The normalized spacial score (nSPS) is 17.6. The van der Waals surface area contributed by atoms with Crippen LogP contribution in [-0.4, -0.2) is 27.6 Å². The molecular formula is C17H20N4O2. The number of aryl methyl sites for hydroxylation is 1. The Morgan fingerprint density at radius 2 is 2.04 bits per heavy atom. The molecule has 1 N–H and O–H groups in total. The number of rotatable bonds is 4. The number of nitrogens with zero attached hydrogens (tertiary/aromatic N) is 3. The van der Waals surface area contributed by atoms with E-state index in [2.05, 4.69) is 10.4 Å². The number of amides is 2. The van der Waals surface area contributed by atoms with Crippen molar-refractivity contribution < 1.29 is 9.59 Å². The highest BCUT2D eigenvalue weighted by atomic mass is 16.2. The fourth-order valence-electron chi connectivity index (χ4n) is 2.79. The van der Waals surface area contributed by atoms with Crippen molar-refractivity contribution in [2.45, 2.75) is 39.3 Å². The Bertz CT molecular complexity index is 720. The minimum Gasteiger partial charge on any atom is -0.321 e. The van der Waals surface area contributed by atoms with Gasteiger partial charge in [-0.05, 0) is 50.6 Å². The molecule has 1 aromatic heterocycles. The molecule has 0 spiro atoms. The summed E-state index contributed by atoms with van der Waals surface area (Å²) in [5.41, 5.74) is 1.94. The second kappa shape index (κ2) is 6.24. The fraction of sp³-hybridized carbons (Fsp3) is 0.353.